The number of aromatic nitrogens is 1. The highest BCUT2D eigenvalue weighted by Gasteiger charge is 2.20. The van der Waals surface area contributed by atoms with Gasteiger partial charge in [-0.25, -0.2) is 9.18 Å². The number of rotatable bonds is 0. The molecule has 104 valence electrons. The monoisotopic (exact) mass is 274 g/mol. The van der Waals surface area contributed by atoms with Crippen LogP contribution in [0.15, 0.2) is 24.4 Å². The van der Waals surface area contributed by atoms with Crippen LogP contribution in [0.4, 0.5) is 9.18 Å². The van der Waals surface area contributed by atoms with E-state index in [0.29, 0.717) is 16.5 Å². The van der Waals surface area contributed by atoms with Crippen LogP contribution in [0, 0.1) is 17.8 Å². The minimum Gasteiger partial charge on any atom is -0.443 e. The first-order valence-corrected chi connectivity index (χ1v) is 6.07. The average molecular weight is 274 g/mol. The minimum atomic E-state index is -0.618. The van der Waals surface area contributed by atoms with E-state index in [1.165, 1.54) is 29.0 Å². The van der Waals surface area contributed by atoms with Gasteiger partial charge in [0.25, 0.3) is 0 Å². The van der Waals surface area contributed by atoms with E-state index >= 15 is 0 Å². The highest BCUT2D eigenvalue weighted by atomic mass is 19.1. The van der Waals surface area contributed by atoms with Gasteiger partial charge in [0.15, 0.2) is 0 Å². The number of nitrogens with zero attached hydrogens (tertiary/aromatic N) is 1. The Kier molecular flexibility index (Phi) is 3.41. The van der Waals surface area contributed by atoms with E-state index in [1.807, 2.05) is 0 Å². The number of nitrogens with two attached hydrogens (primary N) is 1. The van der Waals surface area contributed by atoms with Crippen molar-refractivity contribution in [3.63, 3.8) is 0 Å². The molecule has 0 aliphatic carbocycles. The summed E-state index contributed by atoms with van der Waals surface area (Å²) in [5.41, 5.74) is 5.58. The summed E-state index contributed by atoms with van der Waals surface area (Å²) in [6.07, 6.45) is 0.956. The van der Waals surface area contributed by atoms with E-state index in [0.717, 1.165) is 0 Å². The van der Waals surface area contributed by atoms with E-state index in [4.69, 9.17) is 10.5 Å². The number of hydrogen-bond donors (Lipinski definition) is 1. The second-order valence-corrected chi connectivity index (χ2v) is 5.32. The molecule has 4 nitrogen and oxygen atoms in total. The number of benzene rings is 1. The Balaban J connectivity index is 2.59. The van der Waals surface area contributed by atoms with Crippen LogP contribution in [0.1, 0.15) is 26.3 Å². The number of carbonyl (C=O) groups is 1. The quantitative estimate of drug-likeness (QED) is 0.593. The van der Waals surface area contributed by atoms with Gasteiger partial charge < -0.3 is 10.5 Å². The summed E-state index contributed by atoms with van der Waals surface area (Å²) in [5.74, 6) is 2.25. The fourth-order valence-electron chi connectivity index (χ4n) is 1.84. The molecule has 0 atom stereocenters. The third kappa shape index (κ3) is 2.75. The van der Waals surface area contributed by atoms with Gasteiger partial charge in [0.1, 0.15) is 11.4 Å². The molecule has 0 radical (unpaired) electrons. The van der Waals surface area contributed by atoms with Gasteiger partial charge in [-0.2, -0.15) is 0 Å². The van der Waals surface area contributed by atoms with Crippen molar-refractivity contribution < 1.29 is 13.9 Å². The smallest absolute Gasteiger partial charge is 0.419 e. The summed E-state index contributed by atoms with van der Waals surface area (Å²) in [6.45, 7) is 5.32. The Hall–Kier alpha value is -2.48. The lowest BCUT2D eigenvalue weighted by Crippen LogP contribution is -2.26. The SMILES string of the molecule is CC(C)(C)OC(=O)n1cc(C#CN)c2cc(F)ccc21. The number of halogens is 1. The lowest BCUT2D eigenvalue weighted by molar-refractivity contribution is 0.0544. The van der Waals surface area contributed by atoms with Crippen LogP contribution < -0.4 is 5.73 Å². The zero-order valence-electron chi connectivity index (χ0n) is 11.5. The molecular formula is C15H15FN2O2. The molecule has 5 heteroatoms. The summed E-state index contributed by atoms with van der Waals surface area (Å²) in [4.78, 5) is 12.1. The van der Waals surface area contributed by atoms with E-state index in [2.05, 4.69) is 12.0 Å². The van der Waals surface area contributed by atoms with E-state index in [-0.39, 0.29) is 0 Å². The van der Waals surface area contributed by atoms with Crippen molar-refractivity contribution >= 4 is 17.0 Å². The van der Waals surface area contributed by atoms with Crippen molar-refractivity contribution in [1.82, 2.24) is 4.57 Å². The van der Waals surface area contributed by atoms with Crippen LogP contribution in [0.3, 0.4) is 0 Å². The van der Waals surface area contributed by atoms with Gasteiger partial charge >= 0.3 is 6.09 Å². The third-order valence-electron chi connectivity index (χ3n) is 2.56. The molecule has 0 aliphatic heterocycles. The van der Waals surface area contributed by atoms with Crippen molar-refractivity contribution in [3.05, 3.63) is 35.8 Å². The molecule has 1 aromatic carbocycles. The fourth-order valence-corrected chi connectivity index (χ4v) is 1.84. The summed E-state index contributed by atoms with van der Waals surface area (Å²) < 4.78 is 19.9. The molecule has 0 saturated heterocycles. The molecule has 0 saturated carbocycles. The topological polar surface area (TPSA) is 57.2 Å². The standard InChI is InChI=1S/C15H15FN2O2/c1-15(2,3)20-14(19)18-9-10(6-7-17)12-8-11(16)4-5-13(12)18/h4-5,8-9H,17H2,1-3H3. The summed E-state index contributed by atoms with van der Waals surface area (Å²) in [6, 6.07) is 6.36. The fraction of sp³-hybridized carbons (Fsp3) is 0.267. The van der Waals surface area contributed by atoms with Crippen molar-refractivity contribution in [2.24, 2.45) is 5.73 Å². The van der Waals surface area contributed by atoms with Crippen LogP contribution >= 0.6 is 0 Å². The molecule has 0 fully saturated rings. The third-order valence-corrected chi connectivity index (χ3v) is 2.56. The van der Waals surface area contributed by atoms with Crippen LogP contribution in [-0.2, 0) is 4.74 Å². The lowest BCUT2D eigenvalue weighted by atomic mass is 10.2. The second-order valence-electron chi connectivity index (χ2n) is 5.32. The van der Waals surface area contributed by atoms with Crippen molar-refractivity contribution in [2.45, 2.75) is 26.4 Å². The van der Waals surface area contributed by atoms with E-state index < -0.39 is 17.5 Å². The van der Waals surface area contributed by atoms with Gasteiger partial charge in [-0.1, -0.05) is 0 Å². The number of ether oxygens (including phenoxy) is 1. The second kappa shape index (κ2) is 4.89. The molecule has 0 unspecified atom stereocenters. The molecule has 20 heavy (non-hydrogen) atoms. The Morgan fingerprint density at radius 1 is 1.40 bits per heavy atom. The van der Waals surface area contributed by atoms with Gasteiger partial charge in [0, 0.05) is 17.6 Å². The van der Waals surface area contributed by atoms with Crippen molar-refractivity contribution in [3.8, 4) is 12.0 Å². The maximum Gasteiger partial charge on any atom is 0.419 e. The first-order valence-electron chi connectivity index (χ1n) is 6.07. The Bertz CT molecular complexity index is 730. The molecule has 0 aliphatic rings. The van der Waals surface area contributed by atoms with Gasteiger partial charge in [-0.15, -0.1) is 0 Å². The first-order chi connectivity index (χ1) is 9.31. The number of fused-ring (bicyclic) bond motifs is 1. The largest absolute Gasteiger partial charge is 0.443 e. The minimum absolute atomic E-state index is 0.403. The predicted octanol–water partition coefficient (Wildman–Crippen LogP) is 2.83. The van der Waals surface area contributed by atoms with Crippen LogP contribution in [0.25, 0.3) is 10.9 Å². The lowest BCUT2D eigenvalue weighted by Gasteiger charge is -2.19. The summed E-state index contributed by atoms with van der Waals surface area (Å²) >= 11 is 0. The average Bonchev–Trinajstić information content (AvgIpc) is 2.66. The molecule has 1 heterocycles. The van der Waals surface area contributed by atoms with Crippen LogP contribution in [-0.4, -0.2) is 16.3 Å². The Labute approximate surface area is 116 Å². The van der Waals surface area contributed by atoms with Gasteiger partial charge in [0.05, 0.1) is 11.1 Å². The summed E-state index contributed by atoms with van der Waals surface area (Å²) in [7, 11) is 0. The molecule has 2 rings (SSSR count). The highest BCUT2D eigenvalue weighted by Crippen LogP contribution is 2.23. The Morgan fingerprint density at radius 2 is 2.10 bits per heavy atom. The van der Waals surface area contributed by atoms with Crippen molar-refractivity contribution in [2.75, 3.05) is 0 Å². The predicted molar refractivity (Wildman–Crippen MR) is 74.6 cm³/mol. The zero-order valence-corrected chi connectivity index (χ0v) is 11.5. The highest BCUT2D eigenvalue weighted by molar-refractivity contribution is 5.93. The van der Waals surface area contributed by atoms with Gasteiger partial charge in [-0.3, -0.25) is 4.57 Å². The normalized spacial score (nSPS) is 11.0. The van der Waals surface area contributed by atoms with E-state index in [9.17, 15) is 9.18 Å². The van der Waals surface area contributed by atoms with E-state index in [1.54, 1.807) is 20.8 Å². The van der Waals surface area contributed by atoms with Crippen molar-refractivity contribution in [1.29, 1.82) is 0 Å². The molecule has 2 aromatic rings. The first kappa shape index (κ1) is 13.9. The molecule has 0 bridgehead atoms. The molecule has 0 amide bonds. The number of carbonyl (C=O) groups excluding carboxylic acids is 1. The van der Waals surface area contributed by atoms with Crippen LogP contribution in [0.2, 0.25) is 0 Å². The van der Waals surface area contributed by atoms with Crippen LogP contribution in [0.5, 0.6) is 0 Å². The zero-order chi connectivity index (χ0) is 14.9. The molecule has 1 aromatic heterocycles. The maximum atomic E-state index is 13.3. The molecule has 2 N–H and O–H groups in total. The summed E-state index contributed by atoms with van der Waals surface area (Å²) in [5, 5.41) is 0.522. The number of hydrogen-bond acceptors (Lipinski definition) is 3. The van der Waals surface area contributed by atoms with Gasteiger partial charge in [0.2, 0.25) is 0 Å². The molecular weight excluding hydrogens is 259 g/mol. The van der Waals surface area contributed by atoms with Gasteiger partial charge in [-0.05, 0) is 44.9 Å². The Morgan fingerprint density at radius 3 is 2.70 bits per heavy atom. The maximum absolute atomic E-state index is 13.3. The molecule has 0 spiro atoms.